The minimum atomic E-state index is -0.0305. The molecule has 1 fully saturated rings. The Labute approximate surface area is 141 Å². The lowest BCUT2D eigenvalue weighted by Gasteiger charge is -2.19. The number of amides is 1. The fourth-order valence-corrected chi connectivity index (χ4v) is 4.78. The van der Waals surface area contributed by atoms with Crippen LogP contribution in [0.15, 0.2) is 12.1 Å². The van der Waals surface area contributed by atoms with Crippen molar-refractivity contribution in [3.63, 3.8) is 0 Å². The van der Waals surface area contributed by atoms with Crippen molar-refractivity contribution in [3.05, 3.63) is 32.1 Å². The summed E-state index contributed by atoms with van der Waals surface area (Å²) in [7, 11) is 0. The van der Waals surface area contributed by atoms with Crippen LogP contribution in [0.4, 0.5) is 0 Å². The SMILES string of the molecule is O=C(c1sc2cc(Cl)cc(Cl)c2c1Cl)N1CCCNCC1. The number of hydrogen-bond acceptors (Lipinski definition) is 3. The normalized spacial score (nSPS) is 16.2. The first-order valence-electron chi connectivity index (χ1n) is 6.65. The van der Waals surface area contributed by atoms with E-state index in [1.807, 2.05) is 4.90 Å². The summed E-state index contributed by atoms with van der Waals surface area (Å²) in [4.78, 5) is 15.1. The van der Waals surface area contributed by atoms with Crippen molar-refractivity contribution >= 4 is 62.1 Å². The molecule has 0 bridgehead atoms. The van der Waals surface area contributed by atoms with Crippen molar-refractivity contribution in [1.29, 1.82) is 0 Å². The van der Waals surface area contributed by atoms with E-state index in [1.54, 1.807) is 12.1 Å². The van der Waals surface area contributed by atoms with Gasteiger partial charge < -0.3 is 10.2 Å². The number of carbonyl (C=O) groups is 1. The molecule has 21 heavy (non-hydrogen) atoms. The summed E-state index contributed by atoms with van der Waals surface area (Å²) in [6.45, 7) is 3.18. The quantitative estimate of drug-likeness (QED) is 0.819. The van der Waals surface area contributed by atoms with Gasteiger partial charge in [-0.15, -0.1) is 11.3 Å². The van der Waals surface area contributed by atoms with Gasteiger partial charge >= 0.3 is 0 Å². The Morgan fingerprint density at radius 2 is 2.00 bits per heavy atom. The Bertz CT molecular complexity index is 693. The fraction of sp³-hybridized carbons (Fsp3) is 0.357. The molecule has 1 aliphatic rings. The number of benzene rings is 1. The Kier molecular flexibility index (Phi) is 4.62. The highest BCUT2D eigenvalue weighted by Crippen LogP contribution is 2.41. The summed E-state index contributed by atoms with van der Waals surface area (Å²) in [6.07, 6.45) is 0.945. The summed E-state index contributed by atoms with van der Waals surface area (Å²) >= 11 is 19.9. The molecule has 112 valence electrons. The fourth-order valence-electron chi connectivity index (χ4n) is 2.44. The van der Waals surface area contributed by atoms with E-state index < -0.39 is 0 Å². The number of rotatable bonds is 1. The van der Waals surface area contributed by atoms with E-state index >= 15 is 0 Å². The van der Waals surface area contributed by atoms with Crippen molar-refractivity contribution in [1.82, 2.24) is 10.2 Å². The number of thiophene rings is 1. The van der Waals surface area contributed by atoms with E-state index in [9.17, 15) is 4.79 Å². The highest BCUT2D eigenvalue weighted by Gasteiger charge is 2.24. The molecule has 2 aromatic rings. The molecule has 2 heterocycles. The zero-order chi connectivity index (χ0) is 15.0. The van der Waals surface area contributed by atoms with Crippen molar-refractivity contribution in [2.75, 3.05) is 26.2 Å². The summed E-state index contributed by atoms with van der Waals surface area (Å²) in [5.41, 5.74) is 0. The van der Waals surface area contributed by atoms with Gasteiger partial charge in [-0.1, -0.05) is 34.8 Å². The van der Waals surface area contributed by atoms with Gasteiger partial charge in [-0.05, 0) is 25.1 Å². The van der Waals surface area contributed by atoms with Gasteiger partial charge in [0.05, 0.1) is 10.0 Å². The smallest absolute Gasteiger partial charge is 0.265 e. The molecule has 0 radical (unpaired) electrons. The van der Waals surface area contributed by atoms with E-state index in [0.717, 1.165) is 30.8 Å². The van der Waals surface area contributed by atoms with Crippen LogP contribution in [0.2, 0.25) is 15.1 Å². The Morgan fingerprint density at radius 1 is 1.19 bits per heavy atom. The minimum absolute atomic E-state index is 0.0305. The van der Waals surface area contributed by atoms with E-state index in [0.29, 0.717) is 31.9 Å². The largest absolute Gasteiger partial charge is 0.337 e. The van der Waals surface area contributed by atoms with Crippen LogP contribution in [-0.2, 0) is 0 Å². The van der Waals surface area contributed by atoms with Crippen molar-refractivity contribution in [2.24, 2.45) is 0 Å². The molecule has 1 saturated heterocycles. The summed E-state index contributed by atoms with van der Waals surface area (Å²) < 4.78 is 0.841. The molecule has 3 nitrogen and oxygen atoms in total. The first-order valence-corrected chi connectivity index (χ1v) is 8.60. The second kappa shape index (κ2) is 6.31. The van der Waals surface area contributed by atoms with Crippen LogP contribution in [0.3, 0.4) is 0 Å². The van der Waals surface area contributed by atoms with Gasteiger partial charge in [-0.25, -0.2) is 0 Å². The molecule has 0 unspecified atom stereocenters. The van der Waals surface area contributed by atoms with Gasteiger partial charge in [0, 0.05) is 34.7 Å². The highest BCUT2D eigenvalue weighted by atomic mass is 35.5. The molecule has 0 atom stereocenters. The van der Waals surface area contributed by atoms with Crippen LogP contribution >= 0.6 is 46.1 Å². The van der Waals surface area contributed by atoms with Gasteiger partial charge in [0.2, 0.25) is 0 Å². The maximum absolute atomic E-state index is 12.7. The summed E-state index contributed by atoms with van der Waals surface area (Å²) in [6, 6.07) is 3.44. The molecule has 1 aromatic heterocycles. The second-order valence-electron chi connectivity index (χ2n) is 4.90. The van der Waals surface area contributed by atoms with Crippen LogP contribution in [0.5, 0.6) is 0 Å². The number of fused-ring (bicyclic) bond motifs is 1. The molecule has 3 rings (SSSR count). The second-order valence-corrected chi connectivity index (χ2v) is 7.18. The predicted molar refractivity (Wildman–Crippen MR) is 90.2 cm³/mol. The Balaban J connectivity index is 2.01. The van der Waals surface area contributed by atoms with Gasteiger partial charge in [0.1, 0.15) is 4.88 Å². The maximum atomic E-state index is 12.7. The number of halogens is 3. The molecule has 1 amide bonds. The molecule has 1 aromatic carbocycles. The third kappa shape index (κ3) is 3.01. The molecular formula is C14H13Cl3N2OS. The zero-order valence-corrected chi connectivity index (χ0v) is 14.2. The van der Waals surface area contributed by atoms with Crippen LogP contribution in [0.1, 0.15) is 16.1 Å². The minimum Gasteiger partial charge on any atom is -0.337 e. The van der Waals surface area contributed by atoms with Crippen molar-refractivity contribution in [3.8, 4) is 0 Å². The molecule has 7 heteroatoms. The number of hydrogen-bond donors (Lipinski definition) is 1. The van der Waals surface area contributed by atoms with Gasteiger partial charge in [0.15, 0.2) is 0 Å². The topological polar surface area (TPSA) is 32.3 Å². The van der Waals surface area contributed by atoms with Gasteiger partial charge in [0.25, 0.3) is 5.91 Å². The number of nitrogens with zero attached hydrogens (tertiary/aromatic N) is 1. The lowest BCUT2D eigenvalue weighted by Crippen LogP contribution is -2.33. The third-order valence-corrected chi connectivity index (χ3v) is 5.60. The average Bonchev–Trinajstić information content (AvgIpc) is 2.64. The molecule has 0 aliphatic carbocycles. The summed E-state index contributed by atoms with van der Waals surface area (Å²) in [5.74, 6) is -0.0305. The molecule has 0 saturated carbocycles. The van der Waals surface area contributed by atoms with Crippen molar-refractivity contribution in [2.45, 2.75) is 6.42 Å². The van der Waals surface area contributed by atoms with Crippen LogP contribution in [-0.4, -0.2) is 37.0 Å². The molecule has 1 aliphatic heterocycles. The number of nitrogens with one attached hydrogen (secondary N) is 1. The van der Waals surface area contributed by atoms with E-state index in [4.69, 9.17) is 34.8 Å². The number of carbonyl (C=O) groups excluding carboxylic acids is 1. The average molecular weight is 364 g/mol. The van der Waals surface area contributed by atoms with Gasteiger partial charge in [-0.2, -0.15) is 0 Å². The Hall–Kier alpha value is -0.520. The third-order valence-electron chi connectivity index (χ3n) is 3.47. The predicted octanol–water partition coefficient (Wildman–Crippen LogP) is 4.30. The molecular weight excluding hydrogens is 351 g/mol. The lowest BCUT2D eigenvalue weighted by molar-refractivity contribution is 0.0771. The maximum Gasteiger partial charge on any atom is 0.265 e. The standard InChI is InChI=1S/C14H13Cl3N2OS/c15-8-6-9(16)11-10(7-8)21-13(12(11)17)14(20)19-4-1-2-18-3-5-19/h6-7,18H,1-5H2. The first-order chi connectivity index (χ1) is 10.1. The van der Waals surface area contributed by atoms with E-state index in [2.05, 4.69) is 5.32 Å². The molecule has 1 N–H and O–H groups in total. The van der Waals surface area contributed by atoms with Crippen molar-refractivity contribution < 1.29 is 4.79 Å². The van der Waals surface area contributed by atoms with Crippen LogP contribution in [0.25, 0.3) is 10.1 Å². The highest BCUT2D eigenvalue weighted by molar-refractivity contribution is 7.21. The first kappa shape index (κ1) is 15.4. The van der Waals surface area contributed by atoms with Crippen LogP contribution in [0, 0.1) is 0 Å². The monoisotopic (exact) mass is 362 g/mol. The summed E-state index contributed by atoms with van der Waals surface area (Å²) in [5, 5.41) is 5.45. The van der Waals surface area contributed by atoms with Gasteiger partial charge in [-0.3, -0.25) is 4.79 Å². The lowest BCUT2D eigenvalue weighted by atomic mass is 10.2. The van der Waals surface area contributed by atoms with E-state index in [1.165, 1.54) is 11.3 Å². The Morgan fingerprint density at radius 3 is 2.81 bits per heavy atom. The zero-order valence-electron chi connectivity index (χ0n) is 11.1. The van der Waals surface area contributed by atoms with E-state index in [-0.39, 0.29) is 5.91 Å². The van der Waals surface area contributed by atoms with Crippen LogP contribution < -0.4 is 5.32 Å². The molecule has 0 spiro atoms.